The summed E-state index contributed by atoms with van der Waals surface area (Å²) in [6.45, 7) is 0. The van der Waals surface area contributed by atoms with Crippen LogP contribution < -0.4 is 0 Å². The molecule has 6 nitrogen and oxygen atoms in total. The van der Waals surface area contributed by atoms with Gasteiger partial charge in [0.25, 0.3) is 0 Å². The largest absolute Gasteiger partial charge is 0.245 e. The first-order valence-corrected chi connectivity index (χ1v) is 13.7. The molecular formula is C36H22N6. The van der Waals surface area contributed by atoms with E-state index in [1.54, 1.807) is 18.5 Å². The van der Waals surface area contributed by atoms with Gasteiger partial charge in [0.15, 0.2) is 5.82 Å². The summed E-state index contributed by atoms with van der Waals surface area (Å²) in [7, 11) is 0. The van der Waals surface area contributed by atoms with E-state index in [1.165, 1.54) is 0 Å². The number of pyridine rings is 2. The summed E-state index contributed by atoms with van der Waals surface area (Å²) >= 11 is 0. The summed E-state index contributed by atoms with van der Waals surface area (Å²) in [6.07, 6.45) is 3.45. The van der Waals surface area contributed by atoms with Crippen LogP contribution in [0.1, 0.15) is 0 Å². The van der Waals surface area contributed by atoms with E-state index in [4.69, 9.17) is 19.9 Å². The predicted molar refractivity (Wildman–Crippen MR) is 167 cm³/mol. The molecule has 42 heavy (non-hydrogen) atoms. The highest BCUT2D eigenvalue weighted by Crippen LogP contribution is 2.33. The molecule has 0 saturated heterocycles. The number of para-hydroxylation sites is 2. The van der Waals surface area contributed by atoms with Crippen LogP contribution in [0.2, 0.25) is 0 Å². The van der Waals surface area contributed by atoms with Crippen LogP contribution in [0.4, 0.5) is 0 Å². The Morgan fingerprint density at radius 2 is 0.857 bits per heavy atom. The molecule has 0 bridgehead atoms. The number of nitrogens with zero attached hydrogens (tertiary/aromatic N) is 6. The molecule has 0 N–H and O–H groups in total. The average Bonchev–Trinajstić information content (AvgIpc) is 3.08. The monoisotopic (exact) mass is 538 g/mol. The van der Waals surface area contributed by atoms with Crippen LogP contribution in [-0.2, 0) is 0 Å². The average molecular weight is 539 g/mol. The smallest absolute Gasteiger partial charge is 0.178 e. The van der Waals surface area contributed by atoms with Crippen LogP contribution in [0.3, 0.4) is 0 Å². The quantitative estimate of drug-likeness (QED) is 0.210. The number of hydrogen-bond donors (Lipinski definition) is 0. The normalized spacial score (nSPS) is 11.3. The Hall–Kier alpha value is -5.88. The molecule has 0 saturated carbocycles. The maximum absolute atomic E-state index is 5.09. The zero-order chi connectivity index (χ0) is 27.9. The van der Waals surface area contributed by atoms with E-state index >= 15 is 0 Å². The van der Waals surface area contributed by atoms with E-state index in [0.29, 0.717) is 5.82 Å². The summed E-state index contributed by atoms with van der Waals surface area (Å²) in [4.78, 5) is 28.8. The number of aromatic nitrogens is 6. The van der Waals surface area contributed by atoms with Crippen molar-refractivity contribution in [2.45, 2.75) is 0 Å². The highest BCUT2D eigenvalue weighted by atomic mass is 14.9. The second-order valence-electron chi connectivity index (χ2n) is 10.0. The number of rotatable bonds is 4. The molecular weight excluding hydrogens is 516 g/mol. The first-order valence-electron chi connectivity index (χ1n) is 13.7. The van der Waals surface area contributed by atoms with Crippen LogP contribution >= 0.6 is 0 Å². The highest BCUT2D eigenvalue weighted by molar-refractivity contribution is 6.04. The van der Waals surface area contributed by atoms with Gasteiger partial charge in [0.2, 0.25) is 0 Å². The van der Waals surface area contributed by atoms with E-state index in [0.717, 1.165) is 72.3 Å². The lowest BCUT2D eigenvalue weighted by Gasteiger charge is -2.11. The Balaban J connectivity index is 1.23. The van der Waals surface area contributed by atoms with Gasteiger partial charge in [-0.2, -0.15) is 0 Å². The molecule has 0 aliphatic heterocycles. The van der Waals surface area contributed by atoms with E-state index in [-0.39, 0.29) is 0 Å². The van der Waals surface area contributed by atoms with E-state index in [9.17, 15) is 0 Å². The van der Waals surface area contributed by atoms with Gasteiger partial charge >= 0.3 is 0 Å². The van der Waals surface area contributed by atoms with Gasteiger partial charge in [0.05, 0.1) is 39.1 Å². The predicted octanol–water partition coefficient (Wildman–Crippen LogP) is 8.18. The Bertz CT molecular complexity index is 2230. The van der Waals surface area contributed by atoms with Crippen molar-refractivity contribution in [3.63, 3.8) is 0 Å². The van der Waals surface area contributed by atoms with Crippen LogP contribution in [0.15, 0.2) is 134 Å². The van der Waals surface area contributed by atoms with Crippen LogP contribution in [0, 0.1) is 0 Å². The summed E-state index contributed by atoms with van der Waals surface area (Å²) in [6, 6.07) is 40.7. The second kappa shape index (κ2) is 9.94. The van der Waals surface area contributed by atoms with Gasteiger partial charge in [0, 0.05) is 39.9 Å². The zero-order valence-corrected chi connectivity index (χ0v) is 22.4. The van der Waals surface area contributed by atoms with Gasteiger partial charge in [-0.25, -0.2) is 29.9 Å². The van der Waals surface area contributed by atoms with Crippen LogP contribution in [-0.4, -0.2) is 29.9 Å². The van der Waals surface area contributed by atoms with Gasteiger partial charge < -0.3 is 0 Å². The van der Waals surface area contributed by atoms with Gasteiger partial charge in [-0.15, -0.1) is 0 Å². The molecule has 6 heteroatoms. The number of hydrogen-bond acceptors (Lipinski definition) is 6. The van der Waals surface area contributed by atoms with Gasteiger partial charge in [-0.3, -0.25) is 0 Å². The lowest BCUT2D eigenvalue weighted by molar-refractivity contribution is 1.15. The maximum Gasteiger partial charge on any atom is 0.178 e. The van der Waals surface area contributed by atoms with Gasteiger partial charge in [-0.05, 0) is 30.3 Å². The molecule has 8 aromatic rings. The number of benzene rings is 4. The molecule has 0 fully saturated rings. The minimum absolute atomic E-state index is 0.592. The molecule has 8 rings (SSSR count). The summed E-state index contributed by atoms with van der Waals surface area (Å²) in [5.74, 6) is 0.592. The summed E-state index contributed by atoms with van der Waals surface area (Å²) in [5, 5.41) is 2.05. The molecule has 0 amide bonds. The summed E-state index contributed by atoms with van der Waals surface area (Å²) < 4.78 is 0. The van der Waals surface area contributed by atoms with Crippen molar-refractivity contribution >= 4 is 32.8 Å². The third kappa shape index (κ3) is 4.22. The minimum atomic E-state index is 0.592. The molecule has 0 unspecified atom stereocenters. The van der Waals surface area contributed by atoms with Crippen molar-refractivity contribution in [3.8, 4) is 45.3 Å². The fourth-order valence-corrected chi connectivity index (χ4v) is 5.28. The topological polar surface area (TPSA) is 77.3 Å². The van der Waals surface area contributed by atoms with E-state index in [1.807, 2.05) is 54.6 Å². The lowest BCUT2D eigenvalue weighted by Crippen LogP contribution is -1.95. The molecule has 196 valence electrons. The minimum Gasteiger partial charge on any atom is -0.245 e. The van der Waals surface area contributed by atoms with Gasteiger partial charge in [0.1, 0.15) is 5.69 Å². The highest BCUT2D eigenvalue weighted by Gasteiger charge is 2.14. The van der Waals surface area contributed by atoms with E-state index < -0.39 is 0 Å². The van der Waals surface area contributed by atoms with Gasteiger partial charge in [-0.1, -0.05) is 91.0 Å². The van der Waals surface area contributed by atoms with E-state index in [2.05, 4.69) is 70.6 Å². The standard InChI is InChI=1S/C36H22N6/c1-2-7-24(8-3-1)32-34(41-30-10-5-4-9-29(30)40-32)25-13-11-23(12-14-25)28-19-17-26-15-16-27-18-20-31(36-37-21-6-22-38-36)42-35(27)33(26)39-28/h1-22H. The van der Waals surface area contributed by atoms with Crippen molar-refractivity contribution in [3.05, 3.63) is 134 Å². The van der Waals surface area contributed by atoms with Crippen molar-refractivity contribution in [1.82, 2.24) is 29.9 Å². The third-order valence-electron chi connectivity index (χ3n) is 7.39. The Kier molecular flexibility index (Phi) is 5.67. The molecule has 0 aliphatic carbocycles. The van der Waals surface area contributed by atoms with Crippen molar-refractivity contribution in [2.24, 2.45) is 0 Å². The zero-order valence-electron chi connectivity index (χ0n) is 22.4. The summed E-state index contributed by atoms with van der Waals surface area (Å²) in [5.41, 5.74) is 9.76. The molecule has 4 aromatic carbocycles. The fourth-order valence-electron chi connectivity index (χ4n) is 5.28. The molecule has 0 radical (unpaired) electrons. The maximum atomic E-state index is 5.09. The first-order chi connectivity index (χ1) is 20.8. The van der Waals surface area contributed by atoms with Crippen molar-refractivity contribution < 1.29 is 0 Å². The first kappa shape index (κ1) is 24.0. The number of fused-ring (bicyclic) bond motifs is 4. The fraction of sp³-hybridized carbons (Fsp3) is 0. The SMILES string of the molecule is c1ccc(-c2nc3ccccc3nc2-c2ccc(-c3ccc4ccc5ccc(-c6ncccn6)nc5c4n3)cc2)cc1. The molecule has 4 aromatic heterocycles. The second-order valence-corrected chi connectivity index (χ2v) is 10.0. The molecule has 0 spiro atoms. The van der Waals surface area contributed by atoms with Crippen LogP contribution in [0.5, 0.6) is 0 Å². The van der Waals surface area contributed by atoms with Crippen molar-refractivity contribution in [1.29, 1.82) is 0 Å². The third-order valence-corrected chi connectivity index (χ3v) is 7.39. The Morgan fingerprint density at radius 1 is 0.357 bits per heavy atom. The Labute approximate surface area is 241 Å². The lowest BCUT2D eigenvalue weighted by atomic mass is 10.0. The van der Waals surface area contributed by atoms with Crippen molar-refractivity contribution in [2.75, 3.05) is 0 Å². The van der Waals surface area contributed by atoms with Crippen LogP contribution in [0.25, 0.3) is 78.1 Å². The molecule has 0 atom stereocenters. The molecule has 4 heterocycles. The Morgan fingerprint density at radius 3 is 1.50 bits per heavy atom. The molecule has 0 aliphatic rings.